The highest BCUT2D eigenvalue weighted by molar-refractivity contribution is 8.13. The maximum Gasteiger partial charge on any atom is 0.308 e. The highest BCUT2D eigenvalue weighted by Crippen LogP contribution is 2.48. The average Bonchev–Trinajstić information content (AvgIpc) is 4.18. The van der Waals surface area contributed by atoms with Gasteiger partial charge in [-0.3, -0.25) is 33.6 Å². The van der Waals surface area contributed by atoms with E-state index in [1.807, 2.05) is 176 Å². The molecule has 1 saturated carbocycles. The Hall–Kier alpha value is -6.75. The van der Waals surface area contributed by atoms with Crippen molar-refractivity contribution in [3.63, 3.8) is 0 Å². The summed E-state index contributed by atoms with van der Waals surface area (Å²) in [6, 6.07) is 46.5. The lowest BCUT2D eigenvalue weighted by Gasteiger charge is -2.21. The minimum absolute atomic E-state index is 0.0960. The number of ketones is 4. The molecule has 0 aromatic heterocycles. The number of fused-ring (bicyclic) bond motifs is 1. The molecule has 11 heteroatoms. The molecule has 6 aromatic carbocycles. The summed E-state index contributed by atoms with van der Waals surface area (Å²) in [5.41, 5.74) is 4.59. The Balaban J connectivity index is 0.000000443. The molecule has 1 aliphatic rings. The molecule has 0 aliphatic heterocycles. The lowest BCUT2D eigenvalue weighted by Crippen LogP contribution is -2.26. The topological polar surface area (TPSA) is 138 Å². The molecule has 0 N–H and O–H groups in total. The third-order valence-electron chi connectivity index (χ3n) is 12.3. The van der Waals surface area contributed by atoms with E-state index in [1.165, 1.54) is 37.2 Å². The van der Waals surface area contributed by atoms with Gasteiger partial charge in [0, 0.05) is 47.1 Å². The summed E-state index contributed by atoms with van der Waals surface area (Å²) in [5, 5.41) is 3.05. The molecule has 0 spiro atoms. The molecule has 1 fully saturated rings. The second-order valence-corrected chi connectivity index (χ2v) is 20.6. The summed E-state index contributed by atoms with van der Waals surface area (Å²) >= 11 is 7.02. The van der Waals surface area contributed by atoms with E-state index in [1.54, 1.807) is 40.7 Å². The highest BCUT2D eigenvalue weighted by Gasteiger charge is 2.48. The number of hydrogen-bond acceptors (Lipinski definition) is 10. The van der Waals surface area contributed by atoms with Crippen LogP contribution in [0.1, 0.15) is 135 Å². The number of hydrogen-bond donors (Lipinski definition) is 0. The zero-order valence-electron chi connectivity index (χ0n) is 46.4. The molecule has 0 amide bonds. The number of ether oxygens (including phenoxy) is 2. The van der Waals surface area contributed by atoms with Crippen LogP contribution in [-0.4, -0.2) is 46.8 Å². The second kappa shape index (κ2) is 33.2. The molecule has 0 saturated heterocycles. The number of aryl methyl sites for hydroxylation is 2. The van der Waals surface area contributed by atoms with Gasteiger partial charge in [0.15, 0.2) is 10.9 Å². The van der Waals surface area contributed by atoms with Gasteiger partial charge < -0.3 is 9.47 Å². The minimum Gasteiger partial charge on any atom is -0.462 e. The third-order valence-corrected chi connectivity index (χ3v) is 13.3. The van der Waals surface area contributed by atoms with E-state index in [0.29, 0.717) is 23.2 Å². The number of carbonyl (C=O) groups is 7. The summed E-state index contributed by atoms with van der Waals surface area (Å²) in [5.74, 6) is 0.945. The van der Waals surface area contributed by atoms with Crippen LogP contribution in [0.3, 0.4) is 0 Å². The number of Topliss-reactive ketones (excluding diaryl/α,β-unsaturated/α-hetero) is 4. The predicted octanol–water partition coefficient (Wildman–Crippen LogP) is 15.9. The third kappa shape index (κ3) is 24.9. The molecule has 0 radical (unpaired) electrons. The van der Waals surface area contributed by atoms with Gasteiger partial charge in [-0.1, -0.05) is 166 Å². The van der Waals surface area contributed by atoms with Crippen molar-refractivity contribution in [2.45, 2.75) is 132 Å². The van der Waals surface area contributed by atoms with Crippen LogP contribution in [0.2, 0.25) is 5.02 Å². The first-order chi connectivity index (χ1) is 35.1. The molecular weight excluding hydrogens is 980 g/mol. The Kier molecular flexibility index (Phi) is 29.4. The first-order valence-electron chi connectivity index (χ1n) is 24.7. The van der Waals surface area contributed by atoms with Crippen molar-refractivity contribution in [2.24, 2.45) is 5.41 Å². The first kappa shape index (κ1) is 66.3. The first-order valence-corrected chi connectivity index (χ1v) is 25.9. The molecule has 0 heterocycles. The lowest BCUT2D eigenvalue weighted by atomic mass is 9.81. The predicted molar refractivity (Wildman–Crippen MR) is 309 cm³/mol. The number of esters is 2. The normalized spacial score (nSPS) is 11.5. The number of benzene rings is 6. The molecule has 400 valence electrons. The van der Waals surface area contributed by atoms with E-state index in [4.69, 9.17) is 16.3 Å². The highest BCUT2D eigenvalue weighted by atomic mass is 35.5. The molecule has 1 aliphatic carbocycles. The Morgan fingerprint density at radius 3 is 1.51 bits per heavy atom. The van der Waals surface area contributed by atoms with Crippen LogP contribution in [0.25, 0.3) is 10.8 Å². The molecule has 0 atom stereocenters. The quantitative estimate of drug-likeness (QED) is 0.0405. The summed E-state index contributed by atoms with van der Waals surface area (Å²) < 4.78 is 9.42. The van der Waals surface area contributed by atoms with Gasteiger partial charge in [-0.2, -0.15) is 0 Å². The Morgan fingerprint density at radius 1 is 0.627 bits per heavy atom. The monoisotopic (exact) mass is 1060 g/mol. The van der Waals surface area contributed by atoms with Crippen molar-refractivity contribution in [3.8, 4) is 5.75 Å². The summed E-state index contributed by atoms with van der Waals surface area (Å²) in [6.07, 6.45) is 4.53. The van der Waals surface area contributed by atoms with Gasteiger partial charge in [-0.15, -0.1) is 0 Å². The molecule has 0 unspecified atom stereocenters. The van der Waals surface area contributed by atoms with Crippen molar-refractivity contribution in [2.75, 3.05) is 6.61 Å². The SMILES string of the molecule is C=CCOC(C)=O.CC(=O)C(C)(C)c1ccc(Cl)cc1.CC(=O)C1(c2ccccc2)CC1.CC(=O)Oc1ccc2ccccc2c1.CC(=O)Sc1ccccc1.CC(=O)c1c(C)cccc1C.CCC(C)(C)C(C)=O. The minimum atomic E-state index is -0.412. The number of halogens is 1. The van der Waals surface area contributed by atoms with Crippen LogP contribution in [0.5, 0.6) is 5.75 Å². The maximum atomic E-state index is 11.3. The number of carbonyl (C=O) groups excluding carboxylic acids is 7. The summed E-state index contributed by atoms with van der Waals surface area (Å²) in [6.45, 7) is 28.3. The average molecular weight is 1060 g/mol. The van der Waals surface area contributed by atoms with Crippen molar-refractivity contribution in [1.82, 2.24) is 0 Å². The van der Waals surface area contributed by atoms with Gasteiger partial charge in [0.1, 0.15) is 29.7 Å². The van der Waals surface area contributed by atoms with E-state index in [0.717, 1.165) is 57.2 Å². The zero-order chi connectivity index (χ0) is 56.9. The van der Waals surface area contributed by atoms with Crippen LogP contribution >= 0.6 is 23.4 Å². The molecule has 6 aromatic rings. The van der Waals surface area contributed by atoms with Gasteiger partial charge in [0.05, 0.1) is 5.41 Å². The van der Waals surface area contributed by atoms with Crippen LogP contribution in [-0.2, 0) is 44.3 Å². The second-order valence-electron chi connectivity index (χ2n) is 18.9. The lowest BCUT2D eigenvalue weighted by molar-refractivity contribution is -0.139. The summed E-state index contributed by atoms with van der Waals surface area (Å²) in [4.78, 5) is 76.7. The molecule has 7 rings (SSSR count). The van der Waals surface area contributed by atoms with E-state index >= 15 is 0 Å². The van der Waals surface area contributed by atoms with Gasteiger partial charge in [-0.05, 0) is 144 Å². The van der Waals surface area contributed by atoms with E-state index in [2.05, 4.69) is 23.4 Å². The zero-order valence-corrected chi connectivity index (χ0v) is 48.0. The molecule has 75 heavy (non-hydrogen) atoms. The van der Waals surface area contributed by atoms with Gasteiger partial charge in [-0.25, -0.2) is 0 Å². The van der Waals surface area contributed by atoms with Crippen molar-refractivity contribution < 1.29 is 43.0 Å². The van der Waals surface area contributed by atoms with Crippen LogP contribution in [0.4, 0.5) is 0 Å². The van der Waals surface area contributed by atoms with Gasteiger partial charge in [0.2, 0.25) is 0 Å². The fourth-order valence-electron chi connectivity index (χ4n) is 6.64. The standard InChI is InChI=1S/C12H10O2.C11H13ClO.C11H12O.C10H12O.C8H8OS.C7H14O.C5H8O2/c1-9(13)14-12-7-6-10-4-2-3-5-11(10)8-12;1-8(13)11(2,3)9-4-6-10(12)7-5-9;1-9(12)11(7-8-11)10-5-3-2-4-6-10;1-7-5-4-6-8(2)10(7)9(3)11;1-7(9)10-8-5-3-2-4-6-8;1-5-7(3,4)6(2)8;1-3-4-7-5(2)6/h2-8H,1H3;4-7H,1-3H3;2-6H,7-8H2,1H3;4-6H,1-3H3;2-6H,1H3;5H2,1-4H3;3H,1,4H2,2H3. The maximum absolute atomic E-state index is 11.3. The fraction of sp³-hybridized carbons (Fsp3) is 0.328. The fourth-order valence-corrected chi connectivity index (χ4v) is 7.39. The van der Waals surface area contributed by atoms with Crippen molar-refractivity contribution in [1.29, 1.82) is 0 Å². The smallest absolute Gasteiger partial charge is 0.308 e. The molecular formula is C64H77ClO9S. The Labute approximate surface area is 455 Å². The largest absolute Gasteiger partial charge is 0.462 e. The molecule has 0 bridgehead atoms. The van der Waals surface area contributed by atoms with Crippen molar-refractivity contribution >= 4 is 74.3 Å². The Bertz CT molecular complexity index is 2770. The van der Waals surface area contributed by atoms with Crippen LogP contribution in [0.15, 0.2) is 163 Å². The number of thioether (sulfide) groups is 1. The summed E-state index contributed by atoms with van der Waals surface area (Å²) in [7, 11) is 0. The van der Waals surface area contributed by atoms with Gasteiger partial charge >= 0.3 is 11.9 Å². The van der Waals surface area contributed by atoms with E-state index in [-0.39, 0.29) is 45.2 Å². The van der Waals surface area contributed by atoms with Crippen molar-refractivity contribution in [3.05, 3.63) is 191 Å². The van der Waals surface area contributed by atoms with Crippen LogP contribution in [0, 0.1) is 19.3 Å². The Morgan fingerprint density at radius 2 is 1.13 bits per heavy atom. The number of rotatable bonds is 11. The van der Waals surface area contributed by atoms with Crippen LogP contribution < -0.4 is 4.74 Å². The van der Waals surface area contributed by atoms with E-state index < -0.39 is 5.41 Å². The van der Waals surface area contributed by atoms with Gasteiger partial charge in [0.25, 0.3) is 0 Å². The van der Waals surface area contributed by atoms with E-state index in [9.17, 15) is 33.6 Å². The molecule has 9 nitrogen and oxygen atoms in total.